The number of nitrogens with zero attached hydrogens (tertiary/aromatic N) is 3. The molecule has 9 heteroatoms. The van der Waals surface area contributed by atoms with Crippen LogP contribution in [0.4, 0.5) is 8.78 Å². The van der Waals surface area contributed by atoms with E-state index >= 15 is 0 Å². The lowest BCUT2D eigenvalue weighted by Crippen LogP contribution is -2.41. The van der Waals surface area contributed by atoms with Gasteiger partial charge in [0.25, 0.3) is 5.91 Å². The number of nitrogens with two attached hydrogens (primary N) is 1. The Labute approximate surface area is 189 Å². The van der Waals surface area contributed by atoms with Crippen LogP contribution in [0.3, 0.4) is 0 Å². The summed E-state index contributed by atoms with van der Waals surface area (Å²) in [5.74, 6) is -1.20. The monoisotopic (exact) mass is 462 g/mol. The van der Waals surface area contributed by atoms with Gasteiger partial charge < -0.3 is 10.6 Å². The van der Waals surface area contributed by atoms with Crippen LogP contribution in [-0.2, 0) is 17.9 Å². The number of primary amides is 1. The number of fused-ring (bicyclic) bond motifs is 3. The van der Waals surface area contributed by atoms with Crippen LogP contribution in [0, 0.1) is 16.6 Å². The van der Waals surface area contributed by atoms with Crippen molar-refractivity contribution >= 4 is 23.4 Å². The van der Waals surface area contributed by atoms with E-state index in [0.29, 0.717) is 36.5 Å². The summed E-state index contributed by atoms with van der Waals surface area (Å²) < 4.78 is 28.8. The second kappa shape index (κ2) is 7.54. The first-order valence-electron chi connectivity index (χ1n) is 10.9. The summed E-state index contributed by atoms with van der Waals surface area (Å²) in [7, 11) is 0. The molecule has 6 nitrogen and oxygen atoms in total. The molecule has 2 N–H and O–H groups in total. The largest absolute Gasteiger partial charge is 0.365 e. The lowest BCUT2D eigenvalue weighted by atomic mass is 9.80. The van der Waals surface area contributed by atoms with E-state index in [4.69, 9.17) is 17.3 Å². The van der Waals surface area contributed by atoms with E-state index in [2.05, 4.69) is 5.10 Å². The van der Waals surface area contributed by atoms with Crippen LogP contribution in [-0.4, -0.2) is 39.7 Å². The molecule has 32 heavy (non-hydrogen) atoms. The van der Waals surface area contributed by atoms with Crippen LogP contribution in [0.5, 0.6) is 0 Å². The number of aromatic nitrogens is 2. The number of rotatable bonds is 5. The van der Waals surface area contributed by atoms with Crippen molar-refractivity contribution in [1.29, 1.82) is 0 Å². The molecule has 2 aliphatic carbocycles. The normalized spacial score (nSPS) is 26.4. The van der Waals surface area contributed by atoms with Crippen molar-refractivity contribution in [1.82, 2.24) is 14.7 Å². The highest BCUT2D eigenvalue weighted by Gasteiger charge is 2.55. The maximum Gasteiger partial charge on any atom is 0.252 e. The van der Waals surface area contributed by atoms with Gasteiger partial charge in [-0.2, -0.15) is 5.10 Å². The molecule has 2 amide bonds. The van der Waals surface area contributed by atoms with Gasteiger partial charge in [0, 0.05) is 18.5 Å². The summed E-state index contributed by atoms with van der Waals surface area (Å²) in [5, 5.41) is 4.45. The Morgan fingerprint density at radius 3 is 2.50 bits per heavy atom. The molecule has 0 saturated heterocycles. The average Bonchev–Trinajstić information content (AvgIpc) is 3.44. The molecule has 1 aromatic heterocycles. The molecule has 1 aliphatic heterocycles. The average molecular weight is 463 g/mol. The van der Waals surface area contributed by atoms with Gasteiger partial charge in [0.2, 0.25) is 5.91 Å². The highest BCUT2D eigenvalue weighted by Crippen LogP contribution is 2.63. The van der Waals surface area contributed by atoms with E-state index in [1.165, 1.54) is 18.2 Å². The third kappa shape index (κ3) is 3.39. The van der Waals surface area contributed by atoms with Gasteiger partial charge >= 0.3 is 0 Å². The Bertz CT molecular complexity index is 1110. The van der Waals surface area contributed by atoms with Gasteiger partial charge in [-0.25, -0.2) is 4.39 Å². The maximum absolute atomic E-state index is 13.6. The number of hydrogen-bond donors (Lipinski definition) is 1. The maximum atomic E-state index is 13.6. The third-order valence-electron chi connectivity index (χ3n) is 7.70. The molecule has 5 rings (SSSR count). The minimum Gasteiger partial charge on any atom is -0.365 e. The summed E-state index contributed by atoms with van der Waals surface area (Å²) in [6.07, 6.45) is 4.72. The topological polar surface area (TPSA) is 81.2 Å². The van der Waals surface area contributed by atoms with Crippen LogP contribution in [0.1, 0.15) is 54.6 Å². The SMILES string of the molecule is NC(=O)c1c(-c2ccc(F)c(Cl)c2)nn2c1CN(C(=O)CC13CCC(CF)(CC1)C3)CC2. The zero-order chi connectivity index (χ0) is 22.7. The summed E-state index contributed by atoms with van der Waals surface area (Å²) in [5.41, 5.74) is 6.99. The van der Waals surface area contributed by atoms with E-state index in [9.17, 15) is 18.4 Å². The van der Waals surface area contributed by atoms with Gasteiger partial charge in [-0.05, 0) is 61.1 Å². The van der Waals surface area contributed by atoms with E-state index in [0.717, 1.165) is 32.1 Å². The van der Waals surface area contributed by atoms with Gasteiger partial charge in [0.1, 0.15) is 11.5 Å². The number of amides is 2. The third-order valence-corrected chi connectivity index (χ3v) is 7.99. The van der Waals surface area contributed by atoms with Crippen LogP contribution in [0.15, 0.2) is 18.2 Å². The highest BCUT2D eigenvalue weighted by molar-refractivity contribution is 6.31. The Morgan fingerprint density at radius 1 is 1.16 bits per heavy atom. The predicted octanol–water partition coefficient (Wildman–Crippen LogP) is 4.09. The van der Waals surface area contributed by atoms with Gasteiger partial charge in [0.15, 0.2) is 0 Å². The van der Waals surface area contributed by atoms with Crippen molar-refractivity contribution in [2.24, 2.45) is 16.6 Å². The first-order chi connectivity index (χ1) is 15.2. The van der Waals surface area contributed by atoms with Crippen molar-refractivity contribution < 1.29 is 18.4 Å². The lowest BCUT2D eigenvalue weighted by molar-refractivity contribution is -0.135. The molecule has 170 valence electrons. The molecule has 0 unspecified atom stereocenters. The molecule has 2 heterocycles. The number of carbonyl (C=O) groups is 2. The van der Waals surface area contributed by atoms with Crippen molar-refractivity contribution in [3.05, 3.63) is 40.3 Å². The second-order valence-corrected chi connectivity index (χ2v) is 10.1. The number of alkyl halides is 1. The number of carbonyl (C=O) groups excluding carboxylic acids is 2. The fraction of sp³-hybridized carbons (Fsp3) is 0.522. The Balaban J connectivity index is 1.40. The number of hydrogen-bond acceptors (Lipinski definition) is 3. The minimum atomic E-state index is -0.658. The molecule has 2 bridgehead atoms. The van der Waals surface area contributed by atoms with Gasteiger partial charge in [0.05, 0.1) is 36.0 Å². The fourth-order valence-corrected chi connectivity index (χ4v) is 6.13. The molecular formula is C23H25ClF2N4O2. The molecule has 3 aliphatic rings. The van der Waals surface area contributed by atoms with Crippen molar-refractivity contribution in [2.75, 3.05) is 13.2 Å². The Kier molecular flexibility index (Phi) is 5.04. The van der Waals surface area contributed by atoms with Crippen molar-refractivity contribution in [3.63, 3.8) is 0 Å². The van der Waals surface area contributed by atoms with Crippen LogP contribution in [0.25, 0.3) is 11.3 Å². The van der Waals surface area contributed by atoms with Crippen LogP contribution >= 0.6 is 11.6 Å². The smallest absolute Gasteiger partial charge is 0.252 e. The quantitative estimate of drug-likeness (QED) is 0.726. The van der Waals surface area contributed by atoms with Gasteiger partial charge in [-0.1, -0.05) is 11.6 Å². The van der Waals surface area contributed by atoms with Crippen molar-refractivity contribution in [2.45, 2.75) is 51.6 Å². The van der Waals surface area contributed by atoms with Crippen LogP contribution < -0.4 is 5.73 Å². The summed E-state index contributed by atoms with van der Waals surface area (Å²) in [6.45, 7) is 0.824. The predicted molar refractivity (Wildman–Crippen MR) is 115 cm³/mol. The van der Waals surface area contributed by atoms with Gasteiger partial charge in [-0.3, -0.25) is 18.7 Å². The van der Waals surface area contributed by atoms with Crippen LogP contribution in [0.2, 0.25) is 5.02 Å². The molecule has 2 aromatic rings. The molecule has 2 saturated carbocycles. The van der Waals surface area contributed by atoms with E-state index < -0.39 is 11.7 Å². The summed E-state index contributed by atoms with van der Waals surface area (Å²) in [4.78, 5) is 27.3. The van der Waals surface area contributed by atoms with Gasteiger partial charge in [-0.15, -0.1) is 0 Å². The van der Waals surface area contributed by atoms with Crippen molar-refractivity contribution in [3.8, 4) is 11.3 Å². The minimum absolute atomic E-state index is 0.0239. The molecule has 0 radical (unpaired) electrons. The molecular weight excluding hydrogens is 438 g/mol. The number of halogens is 3. The number of benzene rings is 1. The zero-order valence-corrected chi connectivity index (χ0v) is 18.4. The fourth-order valence-electron chi connectivity index (χ4n) is 5.95. The highest BCUT2D eigenvalue weighted by atomic mass is 35.5. The van der Waals surface area contributed by atoms with E-state index in [1.54, 1.807) is 9.58 Å². The molecule has 2 fully saturated rings. The van der Waals surface area contributed by atoms with E-state index in [-0.39, 0.29) is 40.5 Å². The second-order valence-electron chi connectivity index (χ2n) is 9.69. The van der Waals surface area contributed by atoms with E-state index in [1.807, 2.05) is 0 Å². The molecule has 0 atom stereocenters. The molecule has 1 aromatic carbocycles. The summed E-state index contributed by atoms with van der Waals surface area (Å²) >= 11 is 5.92. The summed E-state index contributed by atoms with van der Waals surface area (Å²) in [6, 6.07) is 4.13. The Morgan fingerprint density at radius 2 is 1.88 bits per heavy atom. The standard InChI is InChI=1S/C23H25ClF2N4O2/c24-15-9-14(1-2-16(15)26)20-19(21(27)32)17-11-29(7-8-30(17)28-20)18(31)10-22-3-5-23(12-22,13-25)6-4-22/h1-2,9H,3-8,10-13H2,(H2,27,32). The Hall–Kier alpha value is -2.48. The zero-order valence-electron chi connectivity index (χ0n) is 17.7. The first kappa shape index (κ1) is 21.4. The lowest BCUT2D eigenvalue weighted by Gasteiger charge is -2.32. The first-order valence-corrected chi connectivity index (χ1v) is 11.3. The molecule has 0 spiro atoms.